The van der Waals surface area contributed by atoms with Crippen molar-refractivity contribution in [3.63, 3.8) is 0 Å². The molecule has 1 aromatic rings. The molecule has 0 atom stereocenters. The number of benzene rings is 1. The largest absolute Gasteiger partial charge is 0.366 e. The van der Waals surface area contributed by atoms with Crippen molar-refractivity contribution in [3.05, 3.63) is 29.8 Å². The molecule has 0 saturated heterocycles. The molecule has 15 heavy (non-hydrogen) atoms. The average Bonchev–Trinajstić information content (AvgIpc) is 2.18. The third kappa shape index (κ3) is 2.77. The lowest BCUT2D eigenvalue weighted by Crippen LogP contribution is -2.23. The summed E-state index contributed by atoms with van der Waals surface area (Å²) >= 11 is 0. The van der Waals surface area contributed by atoms with Gasteiger partial charge in [0, 0.05) is 12.1 Å². The summed E-state index contributed by atoms with van der Waals surface area (Å²) in [6.45, 7) is 2.01. The molecule has 0 radical (unpaired) electrons. The zero-order valence-electron chi connectivity index (χ0n) is 8.23. The molecule has 0 saturated carbocycles. The van der Waals surface area contributed by atoms with Crippen LogP contribution in [0.3, 0.4) is 0 Å². The summed E-state index contributed by atoms with van der Waals surface area (Å²) in [6, 6.07) is 5.45. The second-order valence-electron chi connectivity index (χ2n) is 2.89. The Hall–Kier alpha value is -1.40. The fourth-order valence-electron chi connectivity index (χ4n) is 1.07. The first-order valence-electron chi connectivity index (χ1n) is 4.37. The van der Waals surface area contributed by atoms with Gasteiger partial charge in [-0.15, -0.1) is 0 Å². The Labute approximate surface area is 88.3 Å². The molecule has 0 heterocycles. The molecule has 0 unspecified atom stereocenters. The van der Waals surface area contributed by atoms with Crippen LogP contribution >= 0.6 is 0 Å². The van der Waals surface area contributed by atoms with Crippen LogP contribution in [0.1, 0.15) is 17.3 Å². The minimum Gasteiger partial charge on any atom is -0.366 e. The minimum absolute atomic E-state index is 0.120. The highest BCUT2D eigenvalue weighted by Crippen LogP contribution is 2.09. The van der Waals surface area contributed by atoms with Crippen molar-refractivity contribution in [2.75, 3.05) is 6.54 Å². The number of nitrogens with one attached hydrogen (secondary N) is 1. The molecule has 0 aliphatic carbocycles. The lowest BCUT2D eigenvalue weighted by Gasteiger charge is -2.04. The highest BCUT2D eigenvalue weighted by molar-refractivity contribution is 7.89. The lowest BCUT2D eigenvalue weighted by molar-refractivity contribution is 0.1000. The number of rotatable bonds is 4. The Balaban J connectivity index is 3.04. The highest BCUT2D eigenvalue weighted by atomic mass is 32.2. The second kappa shape index (κ2) is 4.41. The number of carbonyl (C=O) groups is 1. The molecule has 0 aliphatic heterocycles. The number of amides is 1. The van der Waals surface area contributed by atoms with E-state index in [1.54, 1.807) is 6.92 Å². The fraction of sp³-hybridized carbons (Fsp3) is 0.222. The third-order valence-corrected chi connectivity index (χ3v) is 3.34. The topological polar surface area (TPSA) is 89.3 Å². The first-order chi connectivity index (χ1) is 6.97. The second-order valence-corrected chi connectivity index (χ2v) is 4.66. The average molecular weight is 228 g/mol. The van der Waals surface area contributed by atoms with Gasteiger partial charge in [0.25, 0.3) is 0 Å². The molecule has 6 heteroatoms. The Kier molecular flexibility index (Phi) is 3.43. The molecule has 3 N–H and O–H groups in total. The Morgan fingerprint density at radius 1 is 1.33 bits per heavy atom. The monoisotopic (exact) mass is 228 g/mol. The van der Waals surface area contributed by atoms with Crippen LogP contribution in [0.4, 0.5) is 0 Å². The number of primary amides is 1. The number of carbonyl (C=O) groups excluding carboxylic acids is 1. The van der Waals surface area contributed by atoms with Gasteiger partial charge in [-0.05, 0) is 24.3 Å². The van der Waals surface area contributed by atoms with Gasteiger partial charge in [-0.1, -0.05) is 6.92 Å². The molecule has 82 valence electrons. The van der Waals surface area contributed by atoms with Gasteiger partial charge in [-0.3, -0.25) is 4.79 Å². The number of hydrogen-bond acceptors (Lipinski definition) is 3. The Morgan fingerprint density at radius 2 is 1.87 bits per heavy atom. The zero-order chi connectivity index (χ0) is 11.5. The first kappa shape index (κ1) is 11.7. The van der Waals surface area contributed by atoms with Crippen molar-refractivity contribution < 1.29 is 13.2 Å². The quantitative estimate of drug-likeness (QED) is 0.765. The molecule has 0 aromatic heterocycles. The van der Waals surface area contributed by atoms with Crippen LogP contribution in [-0.2, 0) is 10.0 Å². The maximum Gasteiger partial charge on any atom is 0.248 e. The molecule has 5 nitrogen and oxygen atoms in total. The summed E-state index contributed by atoms with van der Waals surface area (Å²) in [6.07, 6.45) is 0. The van der Waals surface area contributed by atoms with Crippen molar-refractivity contribution in [1.82, 2.24) is 4.72 Å². The van der Waals surface area contributed by atoms with Crippen molar-refractivity contribution >= 4 is 15.9 Å². The van der Waals surface area contributed by atoms with Crippen LogP contribution in [-0.4, -0.2) is 20.9 Å². The fourth-order valence-corrected chi connectivity index (χ4v) is 2.11. The van der Waals surface area contributed by atoms with E-state index in [9.17, 15) is 13.2 Å². The Bertz CT molecular complexity index is 451. The number of sulfonamides is 1. The predicted octanol–water partition coefficient (Wildman–Crippen LogP) is 0.0837. The molecule has 0 aliphatic rings. The van der Waals surface area contributed by atoms with E-state index >= 15 is 0 Å². The van der Waals surface area contributed by atoms with E-state index in [2.05, 4.69) is 4.72 Å². The summed E-state index contributed by atoms with van der Waals surface area (Å²) < 4.78 is 25.3. The van der Waals surface area contributed by atoms with Crippen LogP contribution in [0, 0.1) is 0 Å². The van der Waals surface area contributed by atoms with Crippen molar-refractivity contribution in [1.29, 1.82) is 0 Å². The first-order valence-corrected chi connectivity index (χ1v) is 5.85. The zero-order valence-corrected chi connectivity index (χ0v) is 9.04. The van der Waals surface area contributed by atoms with Gasteiger partial charge in [0.1, 0.15) is 0 Å². The molecule has 1 amide bonds. The van der Waals surface area contributed by atoms with Crippen LogP contribution in [0.2, 0.25) is 0 Å². The van der Waals surface area contributed by atoms with Gasteiger partial charge >= 0.3 is 0 Å². The van der Waals surface area contributed by atoms with Crippen LogP contribution in [0.5, 0.6) is 0 Å². The minimum atomic E-state index is -3.45. The summed E-state index contributed by atoms with van der Waals surface area (Å²) in [7, 11) is -3.45. The van der Waals surface area contributed by atoms with E-state index in [0.717, 1.165) is 0 Å². The van der Waals surface area contributed by atoms with Crippen LogP contribution < -0.4 is 10.5 Å². The predicted molar refractivity (Wildman–Crippen MR) is 55.8 cm³/mol. The third-order valence-electron chi connectivity index (χ3n) is 1.78. The van der Waals surface area contributed by atoms with Crippen molar-refractivity contribution in [2.45, 2.75) is 11.8 Å². The van der Waals surface area contributed by atoms with Gasteiger partial charge in [0.15, 0.2) is 0 Å². The molecular formula is C9H12N2O3S. The van der Waals surface area contributed by atoms with Crippen molar-refractivity contribution in [2.24, 2.45) is 5.73 Å². The van der Waals surface area contributed by atoms with E-state index in [1.165, 1.54) is 24.3 Å². The smallest absolute Gasteiger partial charge is 0.248 e. The van der Waals surface area contributed by atoms with Gasteiger partial charge in [-0.25, -0.2) is 13.1 Å². The van der Waals surface area contributed by atoms with Gasteiger partial charge in [-0.2, -0.15) is 0 Å². The van der Waals surface area contributed by atoms with E-state index in [4.69, 9.17) is 5.73 Å². The normalized spacial score (nSPS) is 11.3. The number of hydrogen-bond donors (Lipinski definition) is 2. The Morgan fingerprint density at radius 3 is 2.27 bits per heavy atom. The van der Waals surface area contributed by atoms with Gasteiger partial charge < -0.3 is 5.73 Å². The molecule has 0 spiro atoms. The van der Waals surface area contributed by atoms with E-state index in [-0.39, 0.29) is 10.5 Å². The van der Waals surface area contributed by atoms with Crippen LogP contribution in [0.15, 0.2) is 29.2 Å². The standard InChI is InChI=1S/C9H12N2O3S/c1-2-11-15(13,14)8-5-3-7(4-6-8)9(10)12/h3-6,11H,2H2,1H3,(H2,10,12). The maximum absolute atomic E-state index is 11.5. The summed E-state index contributed by atoms with van der Waals surface area (Å²) in [4.78, 5) is 10.9. The molecule has 1 rings (SSSR count). The van der Waals surface area contributed by atoms with Crippen LogP contribution in [0.25, 0.3) is 0 Å². The SMILES string of the molecule is CCNS(=O)(=O)c1ccc(C(N)=O)cc1. The molecule has 1 aromatic carbocycles. The number of nitrogens with two attached hydrogens (primary N) is 1. The van der Waals surface area contributed by atoms with E-state index in [0.29, 0.717) is 6.54 Å². The van der Waals surface area contributed by atoms with E-state index in [1.807, 2.05) is 0 Å². The summed E-state index contributed by atoms with van der Waals surface area (Å²) in [5.41, 5.74) is 5.31. The summed E-state index contributed by atoms with van der Waals surface area (Å²) in [5.74, 6) is -0.581. The molecule has 0 bridgehead atoms. The lowest BCUT2D eigenvalue weighted by atomic mass is 10.2. The summed E-state index contributed by atoms with van der Waals surface area (Å²) in [5, 5.41) is 0. The van der Waals surface area contributed by atoms with Gasteiger partial charge in [0.05, 0.1) is 4.90 Å². The van der Waals surface area contributed by atoms with Crippen molar-refractivity contribution in [3.8, 4) is 0 Å². The van der Waals surface area contributed by atoms with E-state index < -0.39 is 15.9 Å². The highest BCUT2D eigenvalue weighted by Gasteiger charge is 2.12. The van der Waals surface area contributed by atoms with Gasteiger partial charge in [0.2, 0.25) is 15.9 Å². The maximum atomic E-state index is 11.5. The molecular weight excluding hydrogens is 216 g/mol. The molecule has 0 fully saturated rings.